The van der Waals surface area contributed by atoms with Gasteiger partial charge in [-0.05, 0) is 37.7 Å². The van der Waals surface area contributed by atoms with Gasteiger partial charge in [-0.15, -0.1) is 0 Å². The number of carbonyl (C=O) groups is 1. The van der Waals surface area contributed by atoms with E-state index in [1.165, 1.54) is 18.4 Å². The monoisotopic (exact) mass is 372 g/mol. The molecule has 1 heterocycles. The first kappa shape index (κ1) is 19.9. The summed E-state index contributed by atoms with van der Waals surface area (Å²) in [6.07, 6.45) is 7.66. The summed E-state index contributed by atoms with van der Waals surface area (Å²) < 4.78 is 10.2. The molecule has 27 heavy (non-hydrogen) atoms. The number of methoxy groups -OCH3 is 1. The summed E-state index contributed by atoms with van der Waals surface area (Å²) >= 11 is 0. The number of benzene rings is 1. The van der Waals surface area contributed by atoms with Crippen LogP contribution < -0.4 is 0 Å². The molecule has 1 aliphatic heterocycles. The van der Waals surface area contributed by atoms with Crippen molar-refractivity contribution in [3.63, 3.8) is 0 Å². The average Bonchev–Trinajstić information content (AvgIpc) is 2.66. The topological polar surface area (TPSA) is 42.0 Å². The number of carbonyl (C=O) groups excluding carboxylic acids is 1. The molecule has 0 aromatic heterocycles. The minimum Gasteiger partial charge on any atom is -0.447 e. The lowest BCUT2D eigenvalue weighted by Gasteiger charge is -2.42. The van der Waals surface area contributed by atoms with Gasteiger partial charge in [-0.25, -0.2) is 4.79 Å². The molecule has 2 aliphatic rings. The third-order valence-corrected chi connectivity index (χ3v) is 5.83. The number of amides is 1. The van der Waals surface area contributed by atoms with E-state index >= 15 is 0 Å². The molecule has 0 spiro atoms. The minimum atomic E-state index is -0.243. The molecule has 0 bridgehead atoms. The molecule has 1 fully saturated rings. The quantitative estimate of drug-likeness (QED) is 0.517. The van der Waals surface area contributed by atoms with Gasteiger partial charge in [0.25, 0.3) is 0 Å². The fourth-order valence-corrected chi connectivity index (χ4v) is 3.99. The predicted molar refractivity (Wildman–Crippen MR) is 107 cm³/mol. The highest BCUT2D eigenvalue weighted by Crippen LogP contribution is 2.30. The molecule has 1 aromatic rings. The van der Waals surface area contributed by atoms with Crippen molar-refractivity contribution in [2.45, 2.75) is 44.2 Å². The maximum atomic E-state index is 12.2. The lowest BCUT2D eigenvalue weighted by atomic mass is 9.86. The average molecular weight is 373 g/mol. The van der Waals surface area contributed by atoms with E-state index in [9.17, 15) is 4.79 Å². The van der Waals surface area contributed by atoms with Crippen molar-refractivity contribution >= 4 is 6.09 Å². The summed E-state index contributed by atoms with van der Waals surface area (Å²) in [7, 11) is 3.46. The Morgan fingerprint density at radius 2 is 1.93 bits per heavy atom. The molecular weight excluding hydrogens is 340 g/mol. The van der Waals surface area contributed by atoms with Crippen LogP contribution in [0.15, 0.2) is 42.0 Å². The first-order valence-corrected chi connectivity index (χ1v) is 10.0. The van der Waals surface area contributed by atoms with E-state index in [1.807, 2.05) is 7.05 Å². The minimum absolute atomic E-state index is 0.243. The van der Waals surface area contributed by atoms with E-state index in [1.54, 1.807) is 17.6 Å². The normalized spacial score (nSPS) is 19.1. The Hall–Kier alpha value is -1.85. The summed E-state index contributed by atoms with van der Waals surface area (Å²) in [5.74, 6) is 0. The van der Waals surface area contributed by atoms with Gasteiger partial charge < -0.3 is 14.4 Å². The second-order valence-electron chi connectivity index (χ2n) is 7.51. The van der Waals surface area contributed by atoms with Crippen molar-refractivity contribution in [3.8, 4) is 0 Å². The number of hydrogen-bond donors (Lipinski definition) is 0. The summed E-state index contributed by atoms with van der Waals surface area (Å²) in [5.41, 5.74) is 2.99. The van der Waals surface area contributed by atoms with E-state index in [2.05, 4.69) is 41.3 Å². The highest BCUT2D eigenvalue weighted by atomic mass is 16.6. The van der Waals surface area contributed by atoms with Gasteiger partial charge in [0.15, 0.2) is 0 Å². The number of likely N-dealkylation sites (tertiary alicyclic amines) is 1. The third-order valence-electron chi connectivity index (χ3n) is 5.83. The predicted octanol–water partition coefficient (Wildman–Crippen LogP) is 3.50. The molecule has 0 saturated carbocycles. The number of piperidine rings is 1. The standard InChI is InChI=1S/C22H32N2O3/c1-23(22(25)27-16-15-26-2)20-11-13-24(14-12-20)21(19-9-6-10-19)17-18-7-4-3-5-8-18/h3-5,7-9,20-21H,6,10-17H2,1-2H3. The molecule has 148 valence electrons. The van der Waals surface area contributed by atoms with Crippen LogP contribution in [-0.4, -0.2) is 68.4 Å². The van der Waals surface area contributed by atoms with E-state index < -0.39 is 0 Å². The Labute approximate surface area is 162 Å². The van der Waals surface area contributed by atoms with Gasteiger partial charge in [0.2, 0.25) is 0 Å². The van der Waals surface area contributed by atoms with Crippen LogP contribution in [0.5, 0.6) is 0 Å². The van der Waals surface area contributed by atoms with Gasteiger partial charge >= 0.3 is 6.09 Å². The zero-order valence-electron chi connectivity index (χ0n) is 16.6. The summed E-state index contributed by atoms with van der Waals surface area (Å²) in [6, 6.07) is 11.5. The van der Waals surface area contributed by atoms with Crippen molar-refractivity contribution in [1.82, 2.24) is 9.80 Å². The van der Waals surface area contributed by atoms with Crippen molar-refractivity contribution < 1.29 is 14.3 Å². The Morgan fingerprint density at radius 1 is 1.22 bits per heavy atom. The maximum absolute atomic E-state index is 12.2. The van der Waals surface area contributed by atoms with Crippen LogP contribution in [0.1, 0.15) is 31.2 Å². The zero-order chi connectivity index (χ0) is 19.1. The fraction of sp³-hybridized carbons (Fsp3) is 0.591. The fourth-order valence-electron chi connectivity index (χ4n) is 3.99. The molecule has 1 amide bonds. The summed E-state index contributed by atoms with van der Waals surface area (Å²) in [5, 5.41) is 0. The van der Waals surface area contributed by atoms with Gasteiger partial charge in [-0.3, -0.25) is 4.90 Å². The molecule has 1 aromatic carbocycles. The Bertz CT molecular complexity index is 624. The van der Waals surface area contributed by atoms with Crippen LogP contribution >= 0.6 is 0 Å². The molecular formula is C22H32N2O3. The van der Waals surface area contributed by atoms with Gasteiger partial charge in [-0.2, -0.15) is 0 Å². The van der Waals surface area contributed by atoms with Crippen molar-refractivity contribution in [2.75, 3.05) is 40.5 Å². The van der Waals surface area contributed by atoms with Crippen molar-refractivity contribution in [2.24, 2.45) is 0 Å². The smallest absolute Gasteiger partial charge is 0.409 e. The molecule has 0 N–H and O–H groups in total. The molecule has 1 aliphatic carbocycles. The second kappa shape index (κ2) is 9.90. The Kier molecular flexibility index (Phi) is 7.30. The van der Waals surface area contributed by atoms with Crippen molar-refractivity contribution in [3.05, 3.63) is 47.5 Å². The first-order valence-electron chi connectivity index (χ1n) is 10.0. The highest BCUT2D eigenvalue weighted by Gasteiger charge is 2.31. The lowest BCUT2D eigenvalue weighted by Crippen LogP contribution is -2.50. The summed E-state index contributed by atoms with van der Waals surface area (Å²) in [6.45, 7) is 2.80. The molecule has 5 heteroatoms. The molecule has 3 rings (SSSR count). The SMILES string of the molecule is COCCOC(=O)N(C)C1CCN(C(Cc2ccccc2)C2=CCC2)CC1. The van der Waals surface area contributed by atoms with Gasteiger partial charge in [0, 0.05) is 39.3 Å². The summed E-state index contributed by atoms with van der Waals surface area (Å²) in [4.78, 5) is 16.5. The van der Waals surface area contributed by atoms with E-state index in [0.29, 0.717) is 19.3 Å². The molecule has 1 saturated heterocycles. The van der Waals surface area contributed by atoms with Crippen LogP contribution in [0.2, 0.25) is 0 Å². The third kappa shape index (κ3) is 5.33. The van der Waals surface area contributed by atoms with Gasteiger partial charge in [0.05, 0.1) is 6.61 Å². The van der Waals surface area contributed by atoms with Crippen LogP contribution in [-0.2, 0) is 15.9 Å². The van der Waals surface area contributed by atoms with E-state index in [0.717, 1.165) is 32.4 Å². The number of allylic oxidation sites excluding steroid dienone is 1. The molecule has 0 radical (unpaired) electrons. The van der Waals surface area contributed by atoms with E-state index in [4.69, 9.17) is 9.47 Å². The van der Waals surface area contributed by atoms with Crippen LogP contribution in [0, 0.1) is 0 Å². The number of nitrogens with zero attached hydrogens (tertiary/aromatic N) is 2. The zero-order valence-corrected chi connectivity index (χ0v) is 16.6. The lowest BCUT2D eigenvalue weighted by molar-refractivity contribution is 0.0533. The van der Waals surface area contributed by atoms with Crippen LogP contribution in [0.25, 0.3) is 0 Å². The number of ether oxygens (including phenoxy) is 2. The van der Waals surface area contributed by atoms with Crippen LogP contribution in [0.4, 0.5) is 4.79 Å². The molecule has 5 nitrogen and oxygen atoms in total. The maximum Gasteiger partial charge on any atom is 0.409 e. The first-order chi connectivity index (χ1) is 13.2. The second-order valence-corrected chi connectivity index (χ2v) is 7.51. The van der Waals surface area contributed by atoms with Gasteiger partial charge in [0.1, 0.15) is 6.61 Å². The Balaban J connectivity index is 1.53. The van der Waals surface area contributed by atoms with Crippen molar-refractivity contribution in [1.29, 1.82) is 0 Å². The molecule has 1 unspecified atom stereocenters. The largest absolute Gasteiger partial charge is 0.447 e. The number of hydrogen-bond acceptors (Lipinski definition) is 4. The highest BCUT2D eigenvalue weighted by molar-refractivity contribution is 5.67. The Morgan fingerprint density at radius 3 is 2.52 bits per heavy atom. The van der Waals surface area contributed by atoms with E-state index in [-0.39, 0.29) is 12.1 Å². The number of rotatable bonds is 8. The molecule has 1 atom stereocenters. The van der Waals surface area contributed by atoms with Gasteiger partial charge in [-0.1, -0.05) is 42.0 Å². The van der Waals surface area contributed by atoms with Crippen LogP contribution in [0.3, 0.4) is 0 Å².